The van der Waals surface area contributed by atoms with Crippen LogP contribution in [0.3, 0.4) is 0 Å². The van der Waals surface area contributed by atoms with E-state index in [1.54, 1.807) is 18.2 Å². The van der Waals surface area contributed by atoms with Crippen molar-refractivity contribution in [1.82, 2.24) is 0 Å². The second kappa shape index (κ2) is 4.78. The first-order valence-electron chi connectivity index (χ1n) is 4.29. The van der Waals surface area contributed by atoms with E-state index in [1.807, 2.05) is 0 Å². The van der Waals surface area contributed by atoms with E-state index < -0.39 is 11.9 Å². The molecule has 0 spiro atoms. The van der Waals surface area contributed by atoms with Gasteiger partial charge in [-0.2, -0.15) is 4.99 Å². The topological polar surface area (TPSA) is 137 Å². The number of nitrogens with zero attached hydrogens (tertiary/aromatic N) is 1. The number of benzene rings is 1. The molecule has 0 aromatic heterocycles. The highest BCUT2D eigenvalue weighted by atomic mass is 16.2. The molecular weight excluding hydrogens is 210 g/mol. The number of nitrogens with one attached hydrogen (secondary N) is 1. The highest BCUT2D eigenvalue weighted by Crippen LogP contribution is 2.09. The first kappa shape index (κ1) is 11.5. The monoisotopic (exact) mass is 221 g/mol. The number of aliphatic imine (C=N–C) groups is 1. The Balaban J connectivity index is 2.86. The molecule has 0 saturated carbocycles. The summed E-state index contributed by atoms with van der Waals surface area (Å²) in [6.45, 7) is 0. The maximum absolute atomic E-state index is 10.9. The van der Waals surface area contributed by atoms with Gasteiger partial charge in [0, 0.05) is 11.3 Å². The summed E-state index contributed by atoms with van der Waals surface area (Å²) in [6, 6.07) is 5.37. The lowest BCUT2D eigenvalue weighted by Gasteiger charge is -2.05. The SMILES string of the molecule is NC(=O)N=C(N)Nc1cccc(C(N)=O)c1. The number of hydrogen-bond donors (Lipinski definition) is 4. The number of guanidine groups is 1. The minimum atomic E-state index is -0.906. The van der Waals surface area contributed by atoms with E-state index >= 15 is 0 Å². The zero-order chi connectivity index (χ0) is 12.1. The number of rotatable bonds is 2. The van der Waals surface area contributed by atoms with Crippen molar-refractivity contribution in [3.8, 4) is 0 Å². The standard InChI is InChI=1S/C9H11N5O2/c10-7(15)5-2-1-3-6(4-5)13-8(11)14-9(12)16/h1-4H,(H2,10,15)(H5,11,12,13,14,16). The number of nitrogens with two attached hydrogens (primary N) is 3. The van der Waals surface area contributed by atoms with Crippen LogP contribution in [0, 0.1) is 0 Å². The normalized spacial score (nSPS) is 10.9. The minimum Gasteiger partial charge on any atom is -0.369 e. The van der Waals surface area contributed by atoms with Crippen molar-refractivity contribution in [2.75, 3.05) is 5.32 Å². The number of anilines is 1. The third-order valence-electron chi connectivity index (χ3n) is 1.65. The number of amides is 3. The summed E-state index contributed by atoms with van der Waals surface area (Å²) in [7, 11) is 0. The average Bonchev–Trinajstić information content (AvgIpc) is 2.16. The average molecular weight is 221 g/mol. The number of carbonyl (C=O) groups excluding carboxylic acids is 2. The Kier molecular flexibility index (Phi) is 3.44. The Morgan fingerprint density at radius 2 is 1.88 bits per heavy atom. The molecule has 1 aromatic carbocycles. The van der Waals surface area contributed by atoms with Gasteiger partial charge in [-0.3, -0.25) is 4.79 Å². The fraction of sp³-hybridized carbons (Fsp3) is 0. The van der Waals surface area contributed by atoms with Gasteiger partial charge in [-0.05, 0) is 18.2 Å². The molecule has 0 fully saturated rings. The minimum absolute atomic E-state index is 0.158. The Labute approximate surface area is 91.3 Å². The van der Waals surface area contributed by atoms with Crippen LogP contribution in [-0.4, -0.2) is 17.9 Å². The van der Waals surface area contributed by atoms with Crippen LogP contribution in [0.4, 0.5) is 10.5 Å². The Morgan fingerprint density at radius 3 is 2.44 bits per heavy atom. The molecule has 0 bridgehead atoms. The van der Waals surface area contributed by atoms with E-state index in [0.29, 0.717) is 11.3 Å². The molecule has 0 saturated heterocycles. The van der Waals surface area contributed by atoms with Gasteiger partial charge in [0.15, 0.2) is 0 Å². The van der Waals surface area contributed by atoms with Crippen LogP contribution in [0.2, 0.25) is 0 Å². The molecule has 1 aromatic rings. The van der Waals surface area contributed by atoms with Crippen LogP contribution in [0.5, 0.6) is 0 Å². The van der Waals surface area contributed by atoms with Crippen molar-refractivity contribution in [1.29, 1.82) is 0 Å². The Bertz CT molecular complexity index is 455. The summed E-state index contributed by atoms with van der Waals surface area (Å²) in [5.41, 5.74) is 16.1. The lowest BCUT2D eigenvalue weighted by atomic mass is 10.2. The van der Waals surface area contributed by atoms with Gasteiger partial charge in [-0.1, -0.05) is 6.07 Å². The van der Waals surface area contributed by atoms with Gasteiger partial charge in [0.1, 0.15) is 0 Å². The fourth-order valence-electron chi connectivity index (χ4n) is 1.04. The largest absolute Gasteiger partial charge is 0.369 e. The molecule has 0 aliphatic rings. The van der Waals surface area contributed by atoms with Crippen molar-refractivity contribution >= 4 is 23.6 Å². The van der Waals surface area contributed by atoms with Gasteiger partial charge in [0.05, 0.1) is 0 Å². The second-order valence-electron chi connectivity index (χ2n) is 2.91. The molecule has 16 heavy (non-hydrogen) atoms. The van der Waals surface area contributed by atoms with Gasteiger partial charge >= 0.3 is 6.03 Å². The summed E-state index contributed by atoms with van der Waals surface area (Å²) in [5, 5.41) is 2.59. The molecule has 84 valence electrons. The zero-order valence-corrected chi connectivity index (χ0v) is 8.31. The van der Waals surface area contributed by atoms with Gasteiger partial charge in [-0.25, -0.2) is 4.79 Å². The summed E-state index contributed by atoms with van der Waals surface area (Å²) in [5.74, 6) is -0.719. The van der Waals surface area contributed by atoms with Gasteiger partial charge in [-0.15, -0.1) is 0 Å². The van der Waals surface area contributed by atoms with Crippen molar-refractivity contribution in [2.45, 2.75) is 0 Å². The second-order valence-corrected chi connectivity index (χ2v) is 2.91. The van der Waals surface area contributed by atoms with Crippen LogP contribution < -0.4 is 22.5 Å². The Morgan fingerprint density at radius 1 is 1.19 bits per heavy atom. The number of carbonyl (C=O) groups is 2. The van der Waals surface area contributed by atoms with Gasteiger partial charge in [0.25, 0.3) is 0 Å². The summed E-state index contributed by atoms with van der Waals surface area (Å²) in [4.78, 5) is 24.5. The summed E-state index contributed by atoms with van der Waals surface area (Å²) < 4.78 is 0. The molecular formula is C9H11N5O2. The maximum atomic E-state index is 10.9. The van der Waals surface area contributed by atoms with Crippen LogP contribution in [-0.2, 0) is 0 Å². The smallest absolute Gasteiger partial charge is 0.341 e. The number of primary amides is 2. The molecule has 0 aliphatic carbocycles. The predicted octanol–water partition coefficient (Wildman–Crippen LogP) is -0.409. The summed E-state index contributed by atoms with van der Waals surface area (Å²) >= 11 is 0. The predicted molar refractivity (Wildman–Crippen MR) is 59.8 cm³/mol. The van der Waals surface area contributed by atoms with Crippen molar-refractivity contribution < 1.29 is 9.59 Å². The molecule has 0 aliphatic heterocycles. The van der Waals surface area contributed by atoms with Crippen molar-refractivity contribution in [3.63, 3.8) is 0 Å². The highest BCUT2D eigenvalue weighted by Gasteiger charge is 2.02. The third-order valence-corrected chi connectivity index (χ3v) is 1.65. The molecule has 0 unspecified atom stereocenters. The van der Waals surface area contributed by atoms with E-state index in [4.69, 9.17) is 17.2 Å². The first-order valence-corrected chi connectivity index (χ1v) is 4.29. The van der Waals surface area contributed by atoms with Crippen LogP contribution in [0.1, 0.15) is 10.4 Å². The van der Waals surface area contributed by atoms with Gasteiger partial charge in [0.2, 0.25) is 11.9 Å². The third kappa shape index (κ3) is 3.29. The van der Waals surface area contributed by atoms with E-state index in [-0.39, 0.29) is 5.96 Å². The van der Waals surface area contributed by atoms with Crippen LogP contribution >= 0.6 is 0 Å². The number of hydrogen-bond acceptors (Lipinski definition) is 2. The maximum Gasteiger partial charge on any atom is 0.341 e. The zero-order valence-electron chi connectivity index (χ0n) is 8.31. The van der Waals surface area contributed by atoms with E-state index in [9.17, 15) is 9.59 Å². The molecule has 0 atom stereocenters. The molecule has 7 N–H and O–H groups in total. The Hall–Kier alpha value is -2.57. The molecule has 7 nitrogen and oxygen atoms in total. The van der Waals surface area contributed by atoms with Crippen molar-refractivity contribution in [3.05, 3.63) is 29.8 Å². The van der Waals surface area contributed by atoms with Gasteiger partial charge < -0.3 is 22.5 Å². The lowest BCUT2D eigenvalue weighted by Crippen LogP contribution is -2.25. The van der Waals surface area contributed by atoms with E-state index in [1.165, 1.54) is 6.07 Å². The van der Waals surface area contributed by atoms with E-state index in [2.05, 4.69) is 10.3 Å². The fourth-order valence-corrected chi connectivity index (χ4v) is 1.04. The molecule has 3 amide bonds. The lowest BCUT2D eigenvalue weighted by molar-refractivity contribution is 0.100. The van der Waals surface area contributed by atoms with Crippen LogP contribution in [0.15, 0.2) is 29.3 Å². The quantitative estimate of drug-likeness (QED) is 0.398. The summed E-state index contributed by atoms with van der Waals surface area (Å²) in [6.07, 6.45) is 0. The molecule has 7 heteroatoms. The van der Waals surface area contributed by atoms with Crippen molar-refractivity contribution in [2.24, 2.45) is 22.2 Å². The number of urea groups is 1. The molecule has 1 rings (SSSR count). The first-order chi connectivity index (χ1) is 7.49. The molecule has 0 radical (unpaired) electrons. The molecule has 0 heterocycles. The van der Waals surface area contributed by atoms with Crippen LogP contribution in [0.25, 0.3) is 0 Å². The van der Waals surface area contributed by atoms with E-state index in [0.717, 1.165) is 0 Å². The highest BCUT2D eigenvalue weighted by molar-refractivity contribution is 6.00.